The maximum Gasteiger partial charge on any atom is 0.326 e. The van der Waals surface area contributed by atoms with Gasteiger partial charge in [0.15, 0.2) is 5.78 Å². The molecule has 0 aliphatic carbocycles. The number of carboxylic acids is 2. The minimum atomic E-state index is -1.34. The van der Waals surface area contributed by atoms with Crippen molar-refractivity contribution in [1.82, 2.24) is 31.2 Å². The van der Waals surface area contributed by atoms with Crippen LogP contribution in [-0.4, -0.2) is 124 Å². The van der Waals surface area contributed by atoms with Gasteiger partial charge in [0, 0.05) is 63.0 Å². The average Bonchev–Trinajstić information content (AvgIpc) is 3.67. The quantitative estimate of drug-likeness (QED) is 0.0450. The van der Waals surface area contributed by atoms with Crippen molar-refractivity contribution in [2.24, 2.45) is 11.7 Å². The monoisotopic (exact) mass is 809 g/mol. The third kappa shape index (κ3) is 23.8. The second-order valence-corrected chi connectivity index (χ2v) is 14.4. The normalized spacial score (nSPS) is 12.8. The van der Waals surface area contributed by atoms with Gasteiger partial charge in [0.05, 0.1) is 44.1 Å². The fourth-order valence-corrected chi connectivity index (χ4v) is 5.53. The molecule has 0 radical (unpaired) electrons. The van der Waals surface area contributed by atoms with Crippen LogP contribution in [0.5, 0.6) is 0 Å². The Kier molecular flexibility index (Phi) is 25.2. The van der Waals surface area contributed by atoms with Gasteiger partial charge < -0.3 is 51.7 Å². The Morgan fingerprint density at radius 2 is 1.54 bits per heavy atom. The van der Waals surface area contributed by atoms with Crippen LogP contribution in [0, 0.1) is 5.92 Å². The zero-order chi connectivity index (χ0) is 42.6. The minimum Gasteiger partial charge on any atom is -0.481 e. The molecule has 322 valence electrons. The van der Waals surface area contributed by atoms with E-state index >= 15 is 0 Å². The Labute approximate surface area is 333 Å². The van der Waals surface area contributed by atoms with E-state index in [1.54, 1.807) is 0 Å². The van der Waals surface area contributed by atoms with Crippen LogP contribution in [0.3, 0.4) is 0 Å². The molecule has 0 saturated heterocycles. The predicted octanol–water partition coefficient (Wildman–Crippen LogP) is 0.940. The van der Waals surface area contributed by atoms with Crippen LogP contribution < -0.4 is 27.0 Å². The third-order valence-electron chi connectivity index (χ3n) is 8.96. The number of Topliss-reactive ketones (excluding diaryl/α,β-unsaturated/α-hetero) is 2. The minimum absolute atomic E-state index is 0.0414. The number of rotatable bonds is 34. The number of aliphatic carboxylic acids is 2. The van der Waals surface area contributed by atoms with E-state index in [0.717, 1.165) is 19.3 Å². The standard InChI is InChI=1S/C38H63N7O12/c1-4-5-6-7-11-33(49)44-29(37(54)55)12-14-32(48)42-17-18-56-19-20-57-24-34(50)41-16-9-8-10-26(30(46)13-15-35(51)52)21-31(47)38(2,3)45-36(53)28(39)22-27-23-40-25-43-27/h23,25-26,28-29H,4-22,24,39H2,1-3H3,(H,40,43)(H,41,50)(H,42,48)(H,44,49)(H,45,53)(H,51,52)(H,54,55)/t26-,28+,29+/m1/s1. The second-order valence-electron chi connectivity index (χ2n) is 14.4. The lowest BCUT2D eigenvalue weighted by Gasteiger charge is -2.28. The maximum absolute atomic E-state index is 13.3. The zero-order valence-corrected chi connectivity index (χ0v) is 33.5. The van der Waals surface area contributed by atoms with Gasteiger partial charge in [0.1, 0.15) is 18.4 Å². The van der Waals surface area contributed by atoms with Crippen LogP contribution >= 0.6 is 0 Å². The maximum atomic E-state index is 13.3. The number of nitrogens with one attached hydrogen (secondary N) is 5. The lowest BCUT2D eigenvalue weighted by Crippen LogP contribution is -2.55. The first kappa shape index (κ1) is 50.3. The van der Waals surface area contributed by atoms with Crippen molar-refractivity contribution in [1.29, 1.82) is 0 Å². The number of imidazole rings is 1. The van der Waals surface area contributed by atoms with Crippen LogP contribution in [0.2, 0.25) is 0 Å². The molecule has 4 amide bonds. The summed E-state index contributed by atoms with van der Waals surface area (Å²) in [4.78, 5) is 104. The number of nitrogens with two attached hydrogens (primary N) is 1. The zero-order valence-electron chi connectivity index (χ0n) is 33.5. The SMILES string of the molecule is CCCCCCC(=O)N[C@@H](CCC(=O)NCCOCCOCC(=O)NCCCC[C@H](CC(=O)C(C)(C)NC(=O)[C@@H](N)Cc1cnc[nH]1)C(=O)CCC(=O)O)C(=O)O. The molecule has 9 N–H and O–H groups in total. The number of amides is 4. The van der Waals surface area contributed by atoms with Gasteiger partial charge in [-0.25, -0.2) is 9.78 Å². The van der Waals surface area contributed by atoms with Gasteiger partial charge in [-0.2, -0.15) is 0 Å². The molecule has 0 bridgehead atoms. The van der Waals surface area contributed by atoms with Gasteiger partial charge in [-0.15, -0.1) is 0 Å². The number of unbranched alkanes of at least 4 members (excludes halogenated alkanes) is 4. The van der Waals surface area contributed by atoms with Crippen LogP contribution in [-0.2, 0) is 54.3 Å². The first-order chi connectivity index (χ1) is 27.0. The van der Waals surface area contributed by atoms with E-state index in [1.807, 2.05) is 0 Å². The van der Waals surface area contributed by atoms with Crippen molar-refractivity contribution in [3.05, 3.63) is 18.2 Å². The highest BCUT2D eigenvalue weighted by Crippen LogP contribution is 2.21. The Morgan fingerprint density at radius 3 is 2.21 bits per heavy atom. The third-order valence-corrected chi connectivity index (χ3v) is 8.96. The number of H-pyrrole nitrogens is 1. The molecule has 0 aliphatic rings. The Bertz CT molecular complexity index is 1420. The van der Waals surface area contributed by atoms with Gasteiger partial charge >= 0.3 is 11.9 Å². The molecule has 0 aliphatic heterocycles. The number of nitrogens with zero attached hydrogens (tertiary/aromatic N) is 1. The van der Waals surface area contributed by atoms with Crippen LogP contribution in [0.25, 0.3) is 0 Å². The lowest BCUT2D eigenvalue weighted by molar-refractivity contribution is -0.142. The van der Waals surface area contributed by atoms with Crippen molar-refractivity contribution < 1.29 is 58.0 Å². The van der Waals surface area contributed by atoms with Crippen molar-refractivity contribution in [2.75, 3.05) is 39.5 Å². The number of carbonyl (C=O) groups excluding carboxylic acids is 6. The largest absolute Gasteiger partial charge is 0.481 e. The summed E-state index contributed by atoms with van der Waals surface area (Å²) in [5.41, 5.74) is 5.31. The van der Waals surface area contributed by atoms with E-state index in [1.165, 1.54) is 26.4 Å². The second kappa shape index (κ2) is 28.6. The van der Waals surface area contributed by atoms with E-state index in [9.17, 15) is 43.5 Å². The lowest BCUT2D eigenvalue weighted by atomic mass is 9.84. The van der Waals surface area contributed by atoms with Crippen molar-refractivity contribution >= 4 is 47.1 Å². The first-order valence-corrected chi connectivity index (χ1v) is 19.6. The van der Waals surface area contributed by atoms with Crippen LogP contribution in [0.1, 0.15) is 110 Å². The smallest absolute Gasteiger partial charge is 0.326 e. The molecule has 19 heteroatoms. The summed E-state index contributed by atoms with van der Waals surface area (Å²) in [6.45, 7) is 5.75. The van der Waals surface area contributed by atoms with E-state index in [-0.39, 0.29) is 114 Å². The fraction of sp³-hybridized carbons (Fsp3) is 0.711. The van der Waals surface area contributed by atoms with Crippen molar-refractivity contribution in [3.63, 3.8) is 0 Å². The van der Waals surface area contributed by atoms with Gasteiger partial charge in [0.2, 0.25) is 23.6 Å². The highest BCUT2D eigenvalue weighted by atomic mass is 16.5. The number of carboxylic acid groups (broad SMARTS) is 2. The molecule has 0 aromatic carbocycles. The summed E-state index contributed by atoms with van der Waals surface area (Å²) in [5, 5.41) is 28.9. The van der Waals surface area contributed by atoms with E-state index in [2.05, 4.69) is 38.2 Å². The summed E-state index contributed by atoms with van der Waals surface area (Å²) in [7, 11) is 0. The number of aromatic amines is 1. The Morgan fingerprint density at radius 1 is 0.825 bits per heavy atom. The summed E-state index contributed by atoms with van der Waals surface area (Å²) < 4.78 is 10.7. The van der Waals surface area contributed by atoms with Gasteiger partial charge in [-0.1, -0.05) is 32.6 Å². The van der Waals surface area contributed by atoms with Gasteiger partial charge in [-0.05, 0) is 39.5 Å². The van der Waals surface area contributed by atoms with Crippen molar-refractivity contribution in [3.8, 4) is 0 Å². The van der Waals surface area contributed by atoms with Crippen LogP contribution in [0.15, 0.2) is 12.5 Å². The number of carbonyl (C=O) groups is 8. The molecular formula is C38H63N7O12. The fourth-order valence-electron chi connectivity index (χ4n) is 5.53. The Hall–Kier alpha value is -4.75. The number of aromatic nitrogens is 2. The predicted molar refractivity (Wildman–Crippen MR) is 207 cm³/mol. The van der Waals surface area contributed by atoms with E-state index < -0.39 is 47.2 Å². The number of hydrogen-bond acceptors (Lipinski definition) is 12. The molecule has 57 heavy (non-hydrogen) atoms. The molecule has 0 saturated carbocycles. The van der Waals surface area contributed by atoms with Crippen molar-refractivity contribution in [2.45, 2.75) is 128 Å². The highest BCUT2D eigenvalue weighted by Gasteiger charge is 2.34. The number of ketones is 2. The molecule has 1 rings (SSSR count). The topological polar surface area (TPSA) is 298 Å². The van der Waals surface area contributed by atoms with Crippen LogP contribution in [0.4, 0.5) is 0 Å². The Balaban J connectivity index is 2.31. The number of ether oxygens (including phenoxy) is 2. The molecule has 0 fully saturated rings. The molecule has 1 aromatic rings. The average molecular weight is 810 g/mol. The highest BCUT2D eigenvalue weighted by molar-refractivity contribution is 5.96. The number of hydrogen-bond donors (Lipinski definition) is 8. The molecule has 0 spiro atoms. The molecule has 1 heterocycles. The summed E-state index contributed by atoms with van der Waals surface area (Å²) in [6.07, 6.45) is 7.30. The van der Waals surface area contributed by atoms with E-state index in [4.69, 9.17) is 20.3 Å². The summed E-state index contributed by atoms with van der Waals surface area (Å²) >= 11 is 0. The molecule has 19 nitrogen and oxygen atoms in total. The van der Waals surface area contributed by atoms with E-state index in [0.29, 0.717) is 25.0 Å². The summed E-state index contributed by atoms with van der Waals surface area (Å²) in [6, 6.07) is -2.09. The van der Waals surface area contributed by atoms with Gasteiger partial charge in [0.25, 0.3) is 0 Å². The summed E-state index contributed by atoms with van der Waals surface area (Å²) in [5.74, 6) is -5.53. The molecular weight excluding hydrogens is 746 g/mol. The molecule has 3 atom stereocenters. The molecule has 1 aromatic heterocycles. The molecule has 0 unspecified atom stereocenters. The van der Waals surface area contributed by atoms with Gasteiger partial charge in [-0.3, -0.25) is 33.6 Å². The first-order valence-electron chi connectivity index (χ1n) is 19.6.